The van der Waals surface area contributed by atoms with E-state index in [0.29, 0.717) is 38.6 Å². The van der Waals surface area contributed by atoms with Gasteiger partial charge in [0.2, 0.25) is 5.13 Å². The van der Waals surface area contributed by atoms with Crippen LogP contribution < -0.4 is 5.32 Å². The number of nitrogens with zero attached hydrogens (tertiary/aromatic N) is 5. The number of rotatable bonds is 4. The maximum Gasteiger partial charge on any atom is 0.257 e. The highest BCUT2D eigenvalue weighted by molar-refractivity contribution is 7.10. The largest absolute Gasteiger partial charge is 0.297 e. The van der Waals surface area contributed by atoms with E-state index in [9.17, 15) is 9.18 Å². The number of aromatic nitrogens is 5. The lowest BCUT2D eigenvalue weighted by atomic mass is 10.2. The van der Waals surface area contributed by atoms with Gasteiger partial charge in [-0.1, -0.05) is 22.9 Å². The second-order valence-corrected chi connectivity index (χ2v) is 6.99. The molecule has 10 heteroatoms. The summed E-state index contributed by atoms with van der Waals surface area (Å²) in [4.78, 5) is 16.6. The number of hydrogen-bond donors (Lipinski definition) is 1. The molecule has 7 nitrogen and oxygen atoms in total. The Morgan fingerprint density at radius 2 is 2.00 bits per heavy atom. The molecule has 0 unspecified atom stereocenters. The highest BCUT2D eigenvalue weighted by Gasteiger charge is 2.18. The Kier molecular flexibility index (Phi) is 4.84. The lowest BCUT2D eigenvalue weighted by Crippen LogP contribution is -2.11. The maximum absolute atomic E-state index is 13.1. The van der Waals surface area contributed by atoms with E-state index in [1.165, 1.54) is 12.1 Å². The van der Waals surface area contributed by atoms with Gasteiger partial charge >= 0.3 is 0 Å². The molecule has 0 radical (unpaired) electrons. The molecular weight excluding hydrogens is 403 g/mol. The van der Waals surface area contributed by atoms with Crippen LogP contribution in [0.2, 0.25) is 5.02 Å². The molecule has 2 aromatic carbocycles. The van der Waals surface area contributed by atoms with Gasteiger partial charge in [0, 0.05) is 22.1 Å². The molecule has 2 heterocycles. The number of amides is 1. The summed E-state index contributed by atoms with van der Waals surface area (Å²) in [5.74, 6) is -0.322. The summed E-state index contributed by atoms with van der Waals surface area (Å²) in [6.45, 7) is 1.81. The number of anilines is 1. The van der Waals surface area contributed by atoms with Crippen LogP contribution in [0.25, 0.3) is 17.2 Å². The Morgan fingerprint density at radius 1 is 1.21 bits per heavy atom. The summed E-state index contributed by atoms with van der Waals surface area (Å²) >= 11 is 6.95. The second kappa shape index (κ2) is 7.45. The molecular formula is C18H12ClFN6OS. The maximum atomic E-state index is 13.1. The predicted octanol–water partition coefficient (Wildman–Crippen LogP) is 4.14. The molecule has 4 aromatic rings. The fourth-order valence-corrected chi connectivity index (χ4v) is 3.29. The van der Waals surface area contributed by atoms with Crippen molar-refractivity contribution in [1.82, 2.24) is 24.4 Å². The van der Waals surface area contributed by atoms with E-state index in [4.69, 9.17) is 11.6 Å². The molecule has 0 fully saturated rings. The molecule has 0 aliphatic carbocycles. The zero-order chi connectivity index (χ0) is 19.7. The molecule has 140 valence electrons. The highest BCUT2D eigenvalue weighted by atomic mass is 35.5. The first-order valence-corrected chi connectivity index (χ1v) is 9.25. The van der Waals surface area contributed by atoms with Crippen molar-refractivity contribution in [3.05, 3.63) is 70.6 Å². The average molecular weight is 415 g/mol. The Morgan fingerprint density at radius 3 is 2.75 bits per heavy atom. The second-order valence-electron chi connectivity index (χ2n) is 5.80. The van der Waals surface area contributed by atoms with E-state index < -0.39 is 0 Å². The summed E-state index contributed by atoms with van der Waals surface area (Å²) < 4.78 is 18.9. The lowest BCUT2D eigenvalue weighted by molar-refractivity contribution is 0.102. The van der Waals surface area contributed by atoms with E-state index in [0.717, 1.165) is 11.5 Å². The Bertz CT molecular complexity index is 1160. The molecule has 1 N–H and O–H groups in total. The Balaban J connectivity index is 1.56. The molecule has 0 saturated heterocycles. The monoisotopic (exact) mass is 414 g/mol. The van der Waals surface area contributed by atoms with Crippen molar-refractivity contribution in [2.45, 2.75) is 6.92 Å². The van der Waals surface area contributed by atoms with Crippen LogP contribution in [-0.4, -0.2) is 30.3 Å². The van der Waals surface area contributed by atoms with E-state index in [2.05, 4.69) is 25.0 Å². The smallest absolute Gasteiger partial charge is 0.257 e. The standard InChI is InChI=1S/C18H12ClFN6OS/c1-10-15(23-25-26(10)14-7-5-13(20)6-8-14)16-21-18(28-24-16)22-17(27)11-3-2-4-12(19)9-11/h2-9H,1H3,(H,21,22,24,27). The number of nitrogens with one attached hydrogen (secondary N) is 1. The van der Waals surface area contributed by atoms with Crippen LogP contribution in [0.1, 0.15) is 16.1 Å². The third-order valence-electron chi connectivity index (χ3n) is 3.91. The van der Waals surface area contributed by atoms with Crippen molar-refractivity contribution < 1.29 is 9.18 Å². The van der Waals surface area contributed by atoms with Crippen LogP contribution in [0.5, 0.6) is 0 Å². The molecule has 28 heavy (non-hydrogen) atoms. The van der Waals surface area contributed by atoms with Crippen LogP contribution in [0.4, 0.5) is 9.52 Å². The van der Waals surface area contributed by atoms with Gasteiger partial charge in [-0.05, 0) is 49.4 Å². The van der Waals surface area contributed by atoms with Crippen LogP contribution in [0.15, 0.2) is 48.5 Å². The first-order chi connectivity index (χ1) is 13.5. The summed E-state index contributed by atoms with van der Waals surface area (Å²) in [6.07, 6.45) is 0. The van der Waals surface area contributed by atoms with E-state index in [-0.39, 0.29) is 11.7 Å². The number of hydrogen-bond acceptors (Lipinski definition) is 6. The van der Waals surface area contributed by atoms with E-state index in [1.54, 1.807) is 41.1 Å². The van der Waals surface area contributed by atoms with Gasteiger partial charge in [0.15, 0.2) is 11.5 Å². The van der Waals surface area contributed by atoms with Crippen LogP contribution in [-0.2, 0) is 0 Å². The van der Waals surface area contributed by atoms with E-state index in [1.807, 2.05) is 6.92 Å². The number of halogens is 2. The fraction of sp³-hybridized carbons (Fsp3) is 0.0556. The molecule has 0 aliphatic rings. The number of carbonyl (C=O) groups excluding carboxylic acids is 1. The average Bonchev–Trinajstić information content (AvgIpc) is 3.29. The minimum absolute atomic E-state index is 0.329. The topological polar surface area (TPSA) is 85.6 Å². The van der Waals surface area contributed by atoms with E-state index >= 15 is 0 Å². The van der Waals surface area contributed by atoms with Crippen LogP contribution in [0.3, 0.4) is 0 Å². The van der Waals surface area contributed by atoms with Crippen molar-refractivity contribution in [3.8, 4) is 17.2 Å². The predicted molar refractivity (Wildman–Crippen MR) is 104 cm³/mol. The zero-order valence-electron chi connectivity index (χ0n) is 14.4. The third kappa shape index (κ3) is 3.62. The van der Waals surface area contributed by atoms with Gasteiger partial charge in [0.1, 0.15) is 5.82 Å². The Hall–Kier alpha value is -3.17. The molecule has 0 spiro atoms. The minimum Gasteiger partial charge on any atom is -0.297 e. The minimum atomic E-state index is -0.336. The van der Waals surface area contributed by atoms with Crippen molar-refractivity contribution in [1.29, 1.82) is 0 Å². The van der Waals surface area contributed by atoms with Gasteiger partial charge in [-0.25, -0.2) is 9.07 Å². The van der Waals surface area contributed by atoms with Crippen LogP contribution in [0, 0.1) is 12.7 Å². The lowest BCUT2D eigenvalue weighted by Gasteiger charge is -2.02. The summed E-state index contributed by atoms with van der Waals surface area (Å²) in [7, 11) is 0. The molecule has 0 atom stereocenters. The zero-order valence-corrected chi connectivity index (χ0v) is 16.0. The van der Waals surface area contributed by atoms with Crippen molar-refractivity contribution in [2.75, 3.05) is 5.32 Å². The van der Waals surface area contributed by atoms with Crippen molar-refractivity contribution in [2.24, 2.45) is 0 Å². The summed E-state index contributed by atoms with van der Waals surface area (Å²) in [6, 6.07) is 12.5. The van der Waals surface area contributed by atoms with Gasteiger partial charge in [-0.2, -0.15) is 9.36 Å². The molecule has 0 saturated carbocycles. The van der Waals surface area contributed by atoms with Gasteiger partial charge < -0.3 is 0 Å². The first kappa shape index (κ1) is 18.2. The number of benzene rings is 2. The van der Waals surface area contributed by atoms with Gasteiger partial charge in [-0.3, -0.25) is 10.1 Å². The quantitative estimate of drug-likeness (QED) is 0.542. The van der Waals surface area contributed by atoms with Gasteiger partial charge in [0.05, 0.1) is 11.4 Å². The summed E-state index contributed by atoms with van der Waals surface area (Å²) in [5, 5.41) is 11.7. The first-order valence-electron chi connectivity index (χ1n) is 8.10. The van der Waals surface area contributed by atoms with Crippen molar-refractivity contribution >= 4 is 34.2 Å². The Labute approximate surface area is 168 Å². The fourth-order valence-electron chi connectivity index (χ4n) is 2.53. The SMILES string of the molecule is Cc1c(-c2nsc(NC(=O)c3cccc(Cl)c3)n2)nnn1-c1ccc(F)cc1. The number of carbonyl (C=O) groups is 1. The summed E-state index contributed by atoms with van der Waals surface area (Å²) in [5.41, 5.74) is 2.26. The molecule has 0 bridgehead atoms. The molecule has 1 amide bonds. The van der Waals surface area contributed by atoms with Crippen molar-refractivity contribution in [3.63, 3.8) is 0 Å². The molecule has 0 aliphatic heterocycles. The van der Waals surface area contributed by atoms with Gasteiger partial charge in [-0.15, -0.1) is 5.10 Å². The van der Waals surface area contributed by atoms with Crippen LogP contribution >= 0.6 is 23.1 Å². The normalized spacial score (nSPS) is 10.8. The third-order valence-corrected chi connectivity index (χ3v) is 4.78. The van der Waals surface area contributed by atoms with Gasteiger partial charge in [0.25, 0.3) is 5.91 Å². The highest BCUT2D eigenvalue weighted by Crippen LogP contribution is 2.24. The molecule has 2 aromatic heterocycles. The molecule has 4 rings (SSSR count).